The maximum Gasteiger partial charge on any atom is 0.121 e. The lowest BCUT2D eigenvalue weighted by Crippen LogP contribution is -2.10. The van der Waals surface area contributed by atoms with Crippen LogP contribution in [-0.2, 0) is 12.8 Å². The second-order valence-corrected chi connectivity index (χ2v) is 5.38. The van der Waals surface area contributed by atoms with Crippen LogP contribution in [0.4, 0.5) is 5.69 Å². The summed E-state index contributed by atoms with van der Waals surface area (Å²) in [5, 5.41) is 13.4. The predicted octanol–water partition coefficient (Wildman–Crippen LogP) is 3.97. The van der Waals surface area contributed by atoms with E-state index in [0.29, 0.717) is 17.7 Å². The molecule has 2 N–H and O–H groups in total. The molecule has 0 aromatic heterocycles. The average Bonchev–Trinajstić information content (AvgIpc) is 2.14. The molecule has 0 spiro atoms. The summed E-state index contributed by atoms with van der Waals surface area (Å²) in [6, 6.07) is 4.40. The molecule has 1 aromatic carbocycles. The van der Waals surface area contributed by atoms with Gasteiger partial charge in [-0.15, -0.1) is 0 Å². The first kappa shape index (κ1) is 13.9. The molecular formula is C15H25NO. The maximum absolute atomic E-state index is 10.1. The molecule has 17 heavy (non-hydrogen) atoms. The van der Waals surface area contributed by atoms with Crippen LogP contribution < -0.4 is 5.32 Å². The summed E-state index contributed by atoms with van der Waals surface area (Å²) in [7, 11) is 0. The number of nitrogens with one attached hydrogen (secondary N) is 1. The van der Waals surface area contributed by atoms with Crippen LogP contribution in [0, 0.1) is 5.92 Å². The number of hydrogen-bond acceptors (Lipinski definition) is 2. The minimum absolute atomic E-state index is 0.383. The first-order valence-corrected chi connectivity index (χ1v) is 6.55. The zero-order chi connectivity index (χ0) is 13.0. The van der Waals surface area contributed by atoms with Crippen molar-refractivity contribution < 1.29 is 5.11 Å². The molecule has 1 rings (SSSR count). The lowest BCUT2D eigenvalue weighted by molar-refractivity contribution is 0.467. The molecule has 0 unspecified atom stereocenters. The van der Waals surface area contributed by atoms with Gasteiger partial charge in [0.1, 0.15) is 5.75 Å². The average molecular weight is 235 g/mol. The van der Waals surface area contributed by atoms with Crippen molar-refractivity contribution in [1.29, 1.82) is 0 Å². The second-order valence-electron chi connectivity index (χ2n) is 5.38. The molecule has 0 atom stereocenters. The number of hydrogen-bond donors (Lipinski definition) is 2. The smallest absolute Gasteiger partial charge is 0.121 e. The molecule has 0 radical (unpaired) electrons. The Morgan fingerprint density at radius 2 is 1.82 bits per heavy atom. The predicted molar refractivity (Wildman–Crippen MR) is 74.8 cm³/mol. The third kappa shape index (κ3) is 3.95. The quantitative estimate of drug-likeness (QED) is 0.809. The largest absolute Gasteiger partial charge is 0.508 e. The first-order chi connectivity index (χ1) is 7.93. The van der Waals surface area contributed by atoms with E-state index in [1.165, 1.54) is 5.56 Å². The number of rotatable bonds is 5. The van der Waals surface area contributed by atoms with E-state index in [9.17, 15) is 5.11 Å². The molecule has 0 aliphatic heterocycles. The fourth-order valence-corrected chi connectivity index (χ4v) is 2.16. The monoisotopic (exact) mass is 235 g/mol. The highest BCUT2D eigenvalue weighted by atomic mass is 16.3. The molecular weight excluding hydrogens is 210 g/mol. The number of benzene rings is 1. The molecule has 2 heteroatoms. The summed E-state index contributed by atoms with van der Waals surface area (Å²) in [4.78, 5) is 0. The third-order valence-corrected chi connectivity index (χ3v) is 2.76. The molecule has 0 fully saturated rings. The Balaban J connectivity index is 3.09. The summed E-state index contributed by atoms with van der Waals surface area (Å²) in [6.45, 7) is 10.7. The van der Waals surface area contributed by atoms with E-state index in [0.717, 1.165) is 24.1 Å². The van der Waals surface area contributed by atoms with Crippen molar-refractivity contribution in [3.63, 3.8) is 0 Å². The van der Waals surface area contributed by atoms with Crippen molar-refractivity contribution in [2.45, 2.75) is 53.5 Å². The molecule has 1 aromatic rings. The van der Waals surface area contributed by atoms with Crippen LogP contribution in [0.3, 0.4) is 0 Å². The van der Waals surface area contributed by atoms with Crippen LogP contribution in [-0.4, -0.2) is 11.1 Å². The zero-order valence-electron chi connectivity index (χ0n) is 11.7. The Hall–Kier alpha value is -1.18. The van der Waals surface area contributed by atoms with Crippen molar-refractivity contribution in [3.8, 4) is 5.75 Å². The van der Waals surface area contributed by atoms with E-state index >= 15 is 0 Å². The van der Waals surface area contributed by atoms with Crippen molar-refractivity contribution in [2.75, 3.05) is 5.32 Å². The lowest BCUT2D eigenvalue weighted by Gasteiger charge is -2.17. The van der Waals surface area contributed by atoms with Gasteiger partial charge in [0.2, 0.25) is 0 Å². The van der Waals surface area contributed by atoms with Crippen LogP contribution in [0.5, 0.6) is 5.75 Å². The van der Waals surface area contributed by atoms with E-state index in [1.54, 1.807) is 0 Å². The first-order valence-electron chi connectivity index (χ1n) is 6.55. The highest BCUT2D eigenvalue weighted by Gasteiger charge is 2.10. The van der Waals surface area contributed by atoms with Gasteiger partial charge >= 0.3 is 0 Å². The summed E-state index contributed by atoms with van der Waals surface area (Å²) in [5.74, 6) is 1.03. The van der Waals surface area contributed by atoms with E-state index in [2.05, 4.69) is 46.0 Å². The van der Waals surface area contributed by atoms with Crippen LogP contribution in [0.2, 0.25) is 0 Å². The topological polar surface area (TPSA) is 32.3 Å². The van der Waals surface area contributed by atoms with Crippen molar-refractivity contribution >= 4 is 5.69 Å². The Kier molecular flexibility index (Phi) is 4.86. The molecule has 2 nitrogen and oxygen atoms in total. The number of anilines is 1. The normalized spacial score (nSPS) is 11.2. The Bertz CT molecular complexity index is 369. The fraction of sp³-hybridized carbons (Fsp3) is 0.600. The van der Waals surface area contributed by atoms with Gasteiger partial charge in [-0.3, -0.25) is 0 Å². The van der Waals surface area contributed by atoms with Gasteiger partial charge in [-0.25, -0.2) is 0 Å². The Morgan fingerprint density at radius 3 is 2.29 bits per heavy atom. The molecule has 0 aliphatic rings. The fourth-order valence-electron chi connectivity index (χ4n) is 2.16. The van der Waals surface area contributed by atoms with Gasteiger partial charge in [0.25, 0.3) is 0 Å². The Morgan fingerprint density at radius 1 is 1.18 bits per heavy atom. The second kappa shape index (κ2) is 5.95. The van der Waals surface area contributed by atoms with E-state index in [1.807, 2.05) is 6.07 Å². The van der Waals surface area contributed by atoms with Crippen LogP contribution in [0.1, 0.15) is 45.7 Å². The van der Waals surface area contributed by atoms with Crippen LogP contribution in [0.15, 0.2) is 12.1 Å². The van der Waals surface area contributed by atoms with Gasteiger partial charge in [-0.2, -0.15) is 0 Å². The molecule has 0 saturated heterocycles. The zero-order valence-corrected chi connectivity index (χ0v) is 11.7. The minimum Gasteiger partial charge on any atom is -0.508 e. The molecule has 0 amide bonds. The highest BCUT2D eigenvalue weighted by molar-refractivity contribution is 5.55. The van der Waals surface area contributed by atoms with Gasteiger partial charge < -0.3 is 10.4 Å². The SMILES string of the molecule is CCc1c(O)cc(NC(C)C)cc1CC(C)C. The summed E-state index contributed by atoms with van der Waals surface area (Å²) >= 11 is 0. The van der Waals surface area contributed by atoms with E-state index in [4.69, 9.17) is 0 Å². The molecule has 96 valence electrons. The molecule has 0 bridgehead atoms. The number of phenols is 1. The van der Waals surface area contributed by atoms with Crippen molar-refractivity contribution in [3.05, 3.63) is 23.3 Å². The Labute approximate surface area is 105 Å². The van der Waals surface area contributed by atoms with Crippen LogP contribution in [0.25, 0.3) is 0 Å². The van der Waals surface area contributed by atoms with E-state index in [-0.39, 0.29) is 0 Å². The van der Waals surface area contributed by atoms with Gasteiger partial charge in [-0.1, -0.05) is 20.8 Å². The molecule has 0 heterocycles. The van der Waals surface area contributed by atoms with Crippen molar-refractivity contribution in [1.82, 2.24) is 0 Å². The van der Waals surface area contributed by atoms with Gasteiger partial charge in [0, 0.05) is 17.8 Å². The van der Waals surface area contributed by atoms with Gasteiger partial charge in [0.05, 0.1) is 0 Å². The lowest BCUT2D eigenvalue weighted by atomic mass is 9.95. The minimum atomic E-state index is 0.383. The number of phenolic OH excluding ortho intramolecular Hbond substituents is 1. The third-order valence-electron chi connectivity index (χ3n) is 2.76. The molecule has 0 aliphatic carbocycles. The highest BCUT2D eigenvalue weighted by Crippen LogP contribution is 2.29. The maximum atomic E-state index is 10.1. The van der Waals surface area contributed by atoms with Gasteiger partial charge in [-0.05, 0) is 49.8 Å². The summed E-state index contributed by atoms with van der Waals surface area (Å²) < 4.78 is 0. The van der Waals surface area contributed by atoms with E-state index < -0.39 is 0 Å². The van der Waals surface area contributed by atoms with Crippen molar-refractivity contribution in [2.24, 2.45) is 5.92 Å². The standard InChI is InChI=1S/C15H25NO/c1-6-14-12(7-10(2)3)8-13(9-15(14)17)16-11(4)5/h8-11,16-17H,6-7H2,1-5H3. The summed E-state index contributed by atoms with van der Waals surface area (Å²) in [5.41, 5.74) is 3.38. The van der Waals surface area contributed by atoms with Crippen LogP contribution >= 0.6 is 0 Å². The summed E-state index contributed by atoms with van der Waals surface area (Å²) in [6.07, 6.45) is 1.90. The number of aromatic hydroxyl groups is 1. The van der Waals surface area contributed by atoms with Gasteiger partial charge in [0.15, 0.2) is 0 Å². The molecule has 0 saturated carbocycles.